The average molecular weight is 244 g/mol. The van der Waals surface area contributed by atoms with E-state index in [1.165, 1.54) is 18.9 Å². The molecule has 1 heterocycles. The van der Waals surface area contributed by atoms with Crippen LogP contribution < -0.4 is 5.73 Å². The zero-order chi connectivity index (χ0) is 12.1. The van der Waals surface area contributed by atoms with Crippen LogP contribution in [0.25, 0.3) is 0 Å². The monoisotopic (exact) mass is 244 g/mol. The van der Waals surface area contributed by atoms with E-state index in [4.69, 9.17) is 5.73 Å². The molecule has 0 spiro atoms. The van der Waals surface area contributed by atoms with Crippen molar-refractivity contribution in [3.63, 3.8) is 0 Å². The van der Waals surface area contributed by atoms with Crippen LogP contribution in [0.5, 0.6) is 0 Å². The molecule has 0 fully saturated rings. The van der Waals surface area contributed by atoms with E-state index in [9.17, 15) is 4.79 Å². The lowest BCUT2D eigenvalue weighted by molar-refractivity contribution is -0.140. The molecule has 0 radical (unpaired) electrons. The van der Waals surface area contributed by atoms with Gasteiger partial charge in [0.15, 0.2) is 5.16 Å². The van der Waals surface area contributed by atoms with Crippen LogP contribution in [0.2, 0.25) is 0 Å². The Morgan fingerprint density at radius 1 is 1.56 bits per heavy atom. The number of anilines is 1. The number of ether oxygens (including phenoxy) is 1. The molecule has 0 unspecified atom stereocenters. The SMILES string of the molecule is COC(=O)CCSc1nnc(N)n1C(C)C. The summed E-state index contributed by atoms with van der Waals surface area (Å²) in [5.74, 6) is 0.781. The first-order valence-electron chi connectivity index (χ1n) is 4.96. The molecule has 0 amide bonds. The molecule has 0 aliphatic heterocycles. The Morgan fingerprint density at radius 3 is 2.81 bits per heavy atom. The number of carbonyl (C=O) groups is 1. The van der Waals surface area contributed by atoms with Gasteiger partial charge in [0.05, 0.1) is 13.5 Å². The van der Waals surface area contributed by atoms with Crippen LogP contribution in [-0.2, 0) is 9.53 Å². The van der Waals surface area contributed by atoms with Gasteiger partial charge in [0.25, 0.3) is 0 Å². The number of thioether (sulfide) groups is 1. The number of nitrogen functional groups attached to an aromatic ring is 1. The topological polar surface area (TPSA) is 83.0 Å². The van der Waals surface area contributed by atoms with E-state index >= 15 is 0 Å². The highest BCUT2D eigenvalue weighted by Crippen LogP contribution is 2.22. The fraction of sp³-hybridized carbons (Fsp3) is 0.667. The number of methoxy groups -OCH3 is 1. The molecule has 90 valence electrons. The van der Waals surface area contributed by atoms with Crippen LogP contribution in [0.4, 0.5) is 5.95 Å². The second kappa shape index (κ2) is 5.74. The van der Waals surface area contributed by atoms with Gasteiger partial charge in [-0.2, -0.15) is 0 Å². The van der Waals surface area contributed by atoms with E-state index < -0.39 is 0 Å². The van der Waals surface area contributed by atoms with Gasteiger partial charge in [-0.25, -0.2) is 0 Å². The van der Waals surface area contributed by atoms with Gasteiger partial charge >= 0.3 is 5.97 Å². The van der Waals surface area contributed by atoms with Gasteiger partial charge < -0.3 is 10.5 Å². The molecule has 0 atom stereocenters. The number of hydrogen-bond donors (Lipinski definition) is 1. The van der Waals surface area contributed by atoms with Gasteiger partial charge in [0, 0.05) is 11.8 Å². The molecule has 1 aromatic heterocycles. The molecular formula is C9H16N4O2S. The maximum Gasteiger partial charge on any atom is 0.306 e. The number of aromatic nitrogens is 3. The van der Waals surface area contributed by atoms with Crippen LogP contribution in [0, 0.1) is 0 Å². The van der Waals surface area contributed by atoms with Crippen molar-refractivity contribution < 1.29 is 9.53 Å². The maximum atomic E-state index is 10.9. The predicted molar refractivity (Wildman–Crippen MR) is 62.2 cm³/mol. The van der Waals surface area contributed by atoms with Crippen LogP contribution in [-0.4, -0.2) is 33.6 Å². The first-order chi connectivity index (χ1) is 7.56. The summed E-state index contributed by atoms with van der Waals surface area (Å²) in [6, 6.07) is 0.204. The van der Waals surface area contributed by atoms with E-state index in [-0.39, 0.29) is 12.0 Å². The molecule has 0 saturated heterocycles. The quantitative estimate of drug-likeness (QED) is 0.616. The van der Waals surface area contributed by atoms with Crippen molar-refractivity contribution in [3.05, 3.63) is 0 Å². The van der Waals surface area contributed by atoms with E-state index in [1.807, 2.05) is 18.4 Å². The number of rotatable bonds is 5. The Balaban J connectivity index is 2.57. The number of esters is 1. The lowest BCUT2D eigenvalue weighted by atomic mass is 10.4. The zero-order valence-electron chi connectivity index (χ0n) is 9.64. The first kappa shape index (κ1) is 12.8. The van der Waals surface area contributed by atoms with Gasteiger partial charge in [-0.15, -0.1) is 10.2 Å². The summed E-state index contributed by atoms with van der Waals surface area (Å²) in [4.78, 5) is 10.9. The zero-order valence-corrected chi connectivity index (χ0v) is 10.5. The molecule has 7 heteroatoms. The average Bonchev–Trinajstić information content (AvgIpc) is 2.59. The van der Waals surface area contributed by atoms with Crippen molar-refractivity contribution in [1.29, 1.82) is 0 Å². The minimum atomic E-state index is -0.226. The van der Waals surface area contributed by atoms with Crippen LogP contribution >= 0.6 is 11.8 Å². The van der Waals surface area contributed by atoms with Crippen LogP contribution in [0.15, 0.2) is 5.16 Å². The molecule has 0 aliphatic rings. The Bertz CT molecular complexity index is 364. The standard InChI is InChI=1S/C9H16N4O2S/c1-6(2)13-8(10)11-12-9(13)16-5-4-7(14)15-3/h6H,4-5H2,1-3H3,(H2,10,11). The van der Waals surface area contributed by atoms with E-state index in [1.54, 1.807) is 0 Å². The number of nitrogens with two attached hydrogens (primary N) is 1. The molecule has 0 saturated carbocycles. The number of hydrogen-bond acceptors (Lipinski definition) is 6. The molecule has 0 aliphatic carbocycles. The van der Waals surface area contributed by atoms with Gasteiger partial charge in [-0.05, 0) is 13.8 Å². The highest BCUT2D eigenvalue weighted by atomic mass is 32.2. The van der Waals surface area contributed by atoms with Gasteiger partial charge in [-0.1, -0.05) is 11.8 Å². The summed E-state index contributed by atoms with van der Waals surface area (Å²) in [5, 5.41) is 8.50. The molecule has 2 N–H and O–H groups in total. The maximum absolute atomic E-state index is 10.9. The van der Waals surface area contributed by atoms with E-state index in [0.717, 1.165) is 5.16 Å². The summed E-state index contributed by atoms with van der Waals surface area (Å²) in [7, 11) is 1.38. The summed E-state index contributed by atoms with van der Waals surface area (Å²) in [5.41, 5.74) is 5.68. The minimum absolute atomic E-state index is 0.204. The highest BCUT2D eigenvalue weighted by molar-refractivity contribution is 7.99. The number of nitrogens with zero attached hydrogens (tertiary/aromatic N) is 3. The Morgan fingerprint density at radius 2 is 2.25 bits per heavy atom. The fourth-order valence-corrected chi connectivity index (χ4v) is 2.19. The Labute approximate surface area is 98.6 Å². The van der Waals surface area contributed by atoms with Crippen molar-refractivity contribution in [1.82, 2.24) is 14.8 Å². The number of carbonyl (C=O) groups excluding carboxylic acids is 1. The van der Waals surface area contributed by atoms with Crippen molar-refractivity contribution in [2.75, 3.05) is 18.6 Å². The van der Waals surface area contributed by atoms with Gasteiger partial charge in [-0.3, -0.25) is 9.36 Å². The Hall–Kier alpha value is -1.24. The first-order valence-corrected chi connectivity index (χ1v) is 5.94. The smallest absolute Gasteiger partial charge is 0.306 e. The van der Waals surface area contributed by atoms with Crippen molar-refractivity contribution in [2.24, 2.45) is 0 Å². The summed E-state index contributed by atoms with van der Waals surface area (Å²) < 4.78 is 6.39. The molecule has 6 nitrogen and oxygen atoms in total. The molecule has 0 aromatic carbocycles. The normalized spacial score (nSPS) is 10.8. The van der Waals surface area contributed by atoms with E-state index in [0.29, 0.717) is 18.1 Å². The second-order valence-electron chi connectivity index (χ2n) is 3.48. The van der Waals surface area contributed by atoms with Crippen molar-refractivity contribution in [2.45, 2.75) is 31.5 Å². The predicted octanol–water partition coefficient (Wildman–Crippen LogP) is 1.10. The lowest BCUT2D eigenvalue weighted by Gasteiger charge is -2.10. The lowest BCUT2D eigenvalue weighted by Crippen LogP contribution is -2.07. The van der Waals surface area contributed by atoms with Crippen LogP contribution in [0.3, 0.4) is 0 Å². The Kier molecular flexibility index (Phi) is 4.60. The minimum Gasteiger partial charge on any atom is -0.469 e. The van der Waals surface area contributed by atoms with Crippen LogP contribution in [0.1, 0.15) is 26.3 Å². The summed E-state index contributed by atoms with van der Waals surface area (Å²) >= 11 is 1.45. The molecule has 1 rings (SSSR count). The third-order valence-electron chi connectivity index (χ3n) is 1.97. The molecular weight excluding hydrogens is 228 g/mol. The van der Waals surface area contributed by atoms with Crippen molar-refractivity contribution >= 4 is 23.7 Å². The second-order valence-corrected chi connectivity index (χ2v) is 4.54. The third-order valence-corrected chi connectivity index (χ3v) is 2.92. The molecule has 1 aromatic rings. The summed E-state index contributed by atoms with van der Waals surface area (Å²) in [6.45, 7) is 4.01. The van der Waals surface area contributed by atoms with E-state index in [2.05, 4.69) is 14.9 Å². The summed E-state index contributed by atoms with van der Waals surface area (Å²) in [6.07, 6.45) is 0.353. The fourth-order valence-electron chi connectivity index (χ4n) is 1.20. The van der Waals surface area contributed by atoms with Crippen molar-refractivity contribution in [3.8, 4) is 0 Å². The highest BCUT2D eigenvalue weighted by Gasteiger charge is 2.13. The molecule has 0 bridgehead atoms. The van der Waals surface area contributed by atoms with Gasteiger partial charge in [0.2, 0.25) is 5.95 Å². The largest absolute Gasteiger partial charge is 0.469 e. The van der Waals surface area contributed by atoms with Gasteiger partial charge in [0.1, 0.15) is 0 Å². The third kappa shape index (κ3) is 3.13. The molecule has 16 heavy (non-hydrogen) atoms.